The Morgan fingerprint density at radius 1 is 1.00 bits per heavy atom. The maximum Gasteiger partial charge on any atom is 0.332 e. The highest BCUT2D eigenvalue weighted by Gasteiger charge is 2.33. The van der Waals surface area contributed by atoms with Crippen LogP contribution in [0.2, 0.25) is 5.02 Å². The van der Waals surface area contributed by atoms with E-state index in [0.717, 1.165) is 5.69 Å². The number of aromatic hydroxyl groups is 1. The van der Waals surface area contributed by atoms with E-state index in [4.69, 9.17) is 11.6 Å². The predicted octanol–water partition coefficient (Wildman–Crippen LogP) is 4.12. The molecule has 2 atom stereocenters. The van der Waals surface area contributed by atoms with Gasteiger partial charge in [-0.15, -0.1) is 0 Å². The van der Waals surface area contributed by atoms with Gasteiger partial charge in [0.25, 0.3) is 0 Å². The number of aryl methyl sites for hydroxylation is 1. The van der Waals surface area contributed by atoms with Crippen molar-refractivity contribution in [1.82, 2.24) is 14.0 Å². The van der Waals surface area contributed by atoms with Crippen LogP contribution < -0.4 is 10.6 Å². The number of phenolic OH excluding ortho intramolecular Hbond substituents is 1. The molecule has 1 fully saturated rings. The van der Waals surface area contributed by atoms with Gasteiger partial charge in [0.05, 0.1) is 22.9 Å². The second-order valence-corrected chi connectivity index (χ2v) is 10.0. The molecular formula is C28H28ClFN4O3. The average Bonchev–Trinajstić information content (AvgIpc) is 3.42. The van der Waals surface area contributed by atoms with Gasteiger partial charge in [-0.25, -0.2) is 9.18 Å². The van der Waals surface area contributed by atoms with E-state index >= 15 is 0 Å². The molecule has 37 heavy (non-hydrogen) atoms. The number of anilines is 1. The Morgan fingerprint density at radius 3 is 2.30 bits per heavy atom. The molecule has 0 saturated carbocycles. The summed E-state index contributed by atoms with van der Waals surface area (Å²) in [5.74, 6) is -0.580. The standard InChI is InChI=1S/C28H28ClFN4O3/c1-31(2)25-15-33(16-26(25)35)20-6-4-5-17(11-20)21-13-19(30)14-22(27(21)36)18-7-8-24(23(29)12-18)34-10-9-32(3)28(34)37/h4-14,25-26,35-36H,15-16H2,1-3H3/t25-,26-/m1/s1. The Balaban J connectivity index is 1.52. The topological polar surface area (TPSA) is 73.9 Å². The first-order valence-corrected chi connectivity index (χ1v) is 12.3. The second kappa shape index (κ2) is 9.70. The van der Waals surface area contributed by atoms with Crippen LogP contribution in [0, 0.1) is 5.82 Å². The van der Waals surface area contributed by atoms with Gasteiger partial charge in [0.2, 0.25) is 0 Å². The molecule has 0 unspecified atom stereocenters. The minimum absolute atomic E-state index is 0.0114. The SMILES string of the molecule is CN(C)[C@@H]1CN(c2cccc(-c3cc(F)cc(-c4ccc(-n5ccn(C)c5=O)c(Cl)c4)c3O)c2)C[C@H]1O. The van der Waals surface area contributed by atoms with E-state index in [1.165, 1.54) is 21.3 Å². The zero-order valence-electron chi connectivity index (χ0n) is 20.8. The van der Waals surface area contributed by atoms with Crippen molar-refractivity contribution in [1.29, 1.82) is 0 Å². The number of imidazole rings is 1. The van der Waals surface area contributed by atoms with E-state index in [1.807, 2.05) is 43.3 Å². The van der Waals surface area contributed by atoms with E-state index in [2.05, 4.69) is 4.90 Å². The minimum atomic E-state index is -0.503. The van der Waals surface area contributed by atoms with Gasteiger partial charge in [-0.2, -0.15) is 0 Å². The van der Waals surface area contributed by atoms with Crippen LogP contribution in [0.5, 0.6) is 5.75 Å². The Hall–Kier alpha value is -3.59. The number of likely N-dealkylation sites (N-methyl/N-ethyl adjacent to an activating group) is 1. The van der Waals surface area contributed by atoms with Gasteiger partial charge >= 0.3 is 5.69 Å². The molecule has 0 aliphatic carbocycles. The lowest BCUT2D eigenvalue weighted by Crippen LogP contribution is -2.37. The summed E-state index contributed by atoms with van der Waals surface area (Å²) in [6, 6.07) is 15.1. The van der Waals surface area contributed by atoms with Crippen LogP contribution in [-0.4, -0.2) is 63.6 Å². The van der Waals surface area contributed by atoms with Gasteiger partial charge in [0, 0.05) is 49.3 Å². The maximum absolute atomic E-state index is 14.8. The highest BCUT2D eigenvalue weighted by molar-refractivity contribution is 6.32. The summed E-state index contributed by atoms with van der Waals surface area (Å²) in [6.07, 6.45) is 2.77. The zero-order valence-corrected chi connectivity index (χ0v) is 21.5. The van der Waals surface area contributed by atoms with Crippen molar-refractivity contribution in [2.24, 2.45) is 7.05 Å². The van der Waals surface area contributed by atoms with E-state index < -0.39 is 11.9 Å². The van der Waals surface area contributed by atoms with Crippen LogP contribution in [0.3, 0.4) is 0 Å². The molecule has 0 radical (unpaired) electrons. The van der Waals surface area contributed by atoms with E-state index in [-0.39, 0.29) is 17.5 Å². The summed E-state index contributed by atoms with van der Waals surface area (Å²) in [5, 5.41) is 22.0. The predicted molar refractivity (Wildman–Crippen MR) is 144 cm³/mol. The number of phenols is 1. The zero-order chi connectivity index (χ0) is 26.4. The molecule has 7 nitrogen and oxygen atoms in total. The minimum Gasteiger partial charge on any atom is -0.507 e. The van der Waals surface area contributed by atoms with Gasteiger partial charge in [-0.3, -0.25) is 4.57 Å². The van der Waals surface area contributed by atoms with Crippen LogP contribution in [-0.2, 0) is 7.05 Å². The van der Waals surface area contributed by atoms with E-state index in [1.54, 1.807) is 37.6 Å². The van der Waals surface area contributed by atoms with Crippen LogP contribution in [0.1, 0.15) is 0 Å². The molecule has 0 amide bonds. The van der Waals surface area contributed by atoms with Gasteiger partial charge in [0.1, 0.15) is 11.6 Å². The molecule has 0 bridgehead atoms. The highest BCUT2D eigenvalue weighted by Crippen LogP contribution is 2.41. The Kier molecular flexibility index (Phi) is 6.58. The number of aromatic nitrogens is 2. The summed E-state index contributed by atoms with van der Waals surface area (Å²) < 4.78 is 17.7. The average molecular weight is 523 g/mol. The molecule has 1 aromatic heterocycles. The van der Waals surface area contributed by atoms with Crippen LogP contribution in [0.15, 0.2) is 71.8 Å². The third kappa shape index (κ3) is 4.64. The van der Waals surface area contributed by atoms with E-state index in [0.29, 0.717) is 46.1 Å². The molecule has 5 rings (SSSR count). The Morgan fingerprint density at radius 2 is 1.70 bits per heavy atom. The van der Waals surface area contributed by atoms with Crippen molar-refractivity contribution >= 4 is 17.3 Å². The molecule has 192 valence electrons. The lowest BCUT2D eigenvalue weighted by Gasteiger charge is -2.22. The number of hydrogen-bond donors (Lipinski definition) is 2. The molecular weight excluding hydrogens is 495 g/mol. The highest BCUT2D eigenvalue weighted by atomic mass is 35.5. The number of halogens is 2. The molecule has 2 heterocycles. The molecule has 1 aliphatic rings. The summed E-state index contributed by atoms with van der Waals surface area (Å²) in [6.45, 7) is 1.15. The van der Waals surface area contributed by atoms with Crippen LogP contribution in [0.4, 0.5) is 10.1 Å². The quantitative estimate of drug-likeness (QED) is 0.412. The third-order valence-corrected chi connectivity index (χ3v) is 7.29. The first kappa shape index (κ1) is 25.1. The fourth-order valence-electron chi connectivity index (χ4n) is 4.91. The number of rotatable bonds is 5. The lowest BCUT2D eigenvalue weighted by molar-refractivity contribution is 0.114. The largest absolute Gasteiger partial charge is 0.507 e. The molecule has 0 spiro atoms. The maximum atomic E-state index is 14.8. The summed E-state index contributed by atoms with van der Waals surface area (Å²) in [5.41, 5.74) is 2.93. The van der Waals surface area contributed by atoms with Crippen molar-refractivity contribution in [2.75, 3.05) is 32.1 Å². The van der Waals surface area contributed by atoms with Crippen molar-refractivity contribution in [3.8, 4) is 33.7 Å². The third-order valence-electron chi connectivity index (χ3n) is 6.98. The second-order valence-electron chi connectivity index (χ2n) is 9.63. The molecule has 1 saturated heterocycles. The summed E-state index contributed by atoms with van der Waals surface area (Å²) in [7, 11) is 5.53. The smallest absolute Gasteiger partial charge is 0.332 e. The van der Waals surface area contributed by atoms with Gasteiger partial charge < -0.3 is 24.6 Å². The van der Waals surface area contributed by atoms with Gasteiger partial charge in [0.15, 0.2) is 0 Å². The molecule has 9 heteroatoms. The van der Waals surface area contributed by atoms with Crippen molar-refractivity contribution < 1.29 is 14.6 Å². The van der Waals surface area contributed by atoms with Crippen molar-refractivity contribution in [3.05, 3.63) is 88.3 Å². The molecule has 2 N–H and O–H groups in total. The van der Waals surface area contributed by atoms with Crippen molar-refractivity contribution in [2.45, 2.75) is 12.1 Å². The Bertz CT molecular complexity index is 1530. The lowest BCUT2D eigenvalue weighted by atomic mass is 9.96. The normalized spacial score (nSPS) is 17.6. The summed E-state index contributed by atoms with van der Waals surface area (Å²) >= 11 is 6.51. The first-order valence-electron chi connectivity index (χ1n) is 11.9. The summed E-state index contributed by atoms with van der Waals surface area (Å²) in [4.78, 5) is 16.4. The van der Waals surface area contributed by atoms with Crippen LogP contribution in [0.25, 0.3) is 27.9 Å². The number of benzene rings is 3. The fraction of sp³-hybridized carbons (Fsp3) is 0.250. The van der Waals surface area contributed by atoms with Gasteiger partial charge in [-0.1, -0.05) is 29.8 Å². The van der Waals surface area contributed by atoms with E-state index in [9.17, 15) is 19.4 Å². The number of aliphatic hydroxyl groups is 1. The molecule has 3 aromatic carbocycles. The van der Waals surface area contributed by atoms with Crippen LogP contribution >= 0.6 is 11.6 Å². The van der Waals surface area contributed by atoms with Crippen molar-refractivity contribution in [3.63, 3.8) is 0 Å². The first-order chi connectivity index (χ1) is 17.6. The number of hydrogen-bond acceptors (Lipinski definition) is 5. The fourth-order valence-corrected chi connectivity index (χ4v) is 5.19. The van der Waals surface area contributed by atoms with Gasteiger partial charge in [-0.05, 0) is 61.6 Å². The molecule has 4 aromatic rings. The number of β-amino-alcohol motifs (C(OH)–C–C–N with tert-alkyl or cyclic N) is 1. The monoisotopic (exact) mass is 522 g/mol. The number of nitrogens with zero attached hydrogens (tertiary/aromatic N) is 4. The number of aliphatic hydroxyl groups excluding tert-OH is 1. The molecule has 1 aliphatic heterocycles. The Labute approximate surface area is 219 Å².